The van der Waals surface area contributed by atoms with Gasteiger partial charge in [-0.3, -0.25) is 4.98 Å². The van der Waals surface area contributed by atoms with Gasteiger partial charge in [0.2, 0.25) is 0 Å². The molecule has 26 heavy (non-hydrogen) atoms. The molecule has 0 aliphatic rings. The summed E-state index contributed by atoms with van der Waals surface area (Å²) in [4.78, 5) is 17.9. The molecule has 0 saturated carbocycles. The third-order valence-corrected chi connectivity index (χ3v) is 4.67. The molecule has 1 N–H and O–H groups in total. The number of aromatic carboxylic acids is 1. The standard InChI is InChI=1S/C22H22N2O2/c1-16-6-5-9-20(17(16)2)24(15-12-18-10-13-23-14-11-18)21-8-4-3-7-19(21)22(25)26/h3-11,13-14H,12,15H2,1-2H3,(H,25,26). The highest BCUT2D eigenvalue weighted by Crippen LogP contribution is 2.32. The molecule has 0 unspecified atom stereocenters. The van der Waals surface area contributed by atoms with Crippen LogP contribution in [0.3, 0.4) is 0 Å². The maximum absolute atomic E-state index is 11.7. The number of hydrogen-bond acceptors (Lipinski definition) is 3. The molecular formula is C22H22N2O2. The SMILES string of the molecule is Cc1cccc(N(CCc2ccncc2)c2ccccc2C(=O)O)c1C. The van der Waals surface area contributed by atoms with Crippen LogP contribution in [0.1, 0.15) is 27.0 Å². The molecule has 3 rings (SSSR count). The summed E-state index contributed by atoms with van der Waals surface area (Å²) in [6, 6.07) is 17.3. The Morgan fingerprint density at radius 1 is 0.962 bits per heavy atom. The monoisotopic (exact) mass is 346 g/mol. The highest BCUT2D eigenvalue weighted by molar-refractivity contribution is 5.95. The number of para-hydroxylation sites is 1. The van der Waals surface area contributed by atoms with Crippen LogP contribution in [-0.4, -0.2) is 22.6 Å². The molecule has 0 saturated heterocycles. The molecule has 1 heterocycles. The van der Waals surface area contributed by atoms with Crippen LogP contribution in [0, 0.1) is 13.8 Å². The van der Waals surface area contributed by atoms with Gasteiger partial charge >= 0.3 is 5.97 Å². The van der Waals surface area contributed by atoms with Gasteiger partial charge in [-0.15, -0.1) is 0 Å². The minimum Gasteiger partial charge on any atom is -0.478 e. The minimum absolute atomic E-state index is 0.308. The van der Waals surface area contributed by atoms with Crippen LogP contribution >= 0.6 is 0 Å². The first-order chi connectivity index (χ1) is 12.6. The van der Waals surface area contributed by atoms with Crippen molar-refractivity contribution in [2.75, 3.05) is 11.4 Å². The zero-order valence-electron chi connectivity index (χ0n) is 15.0. The zero-order chi connectivity index (χ0) is 18.5. The van der Waals surface area contributed by atoms with E-state index in [2.05, 4.69) is 29.8 Å². The summed E-state index contributed by atoms with van der Waals surface area (Å²) in [5.74, 6) is -0.917. The fourth-order valence-corrected chi connectivity index (χ4v) is 3.08. The third kappa shape index (κ3) is 3.75. The first-order valence-electron chi connectivity index (χ1n) is 8.63. The smallest absolute Gasteiger partial charge is 0.337 e. The number of aryl methyl sites for hydroxylation is 1. The molecule has 0 aliphatic carbocycles. The number of pyridine rings is 1. The molecule has 0 radical (unpaired) electrons. The first kappa shape index (κ1) is 17.7. The quantitative estimate of drug-likeness (QED) is 0.698. The average molecular weight is 346 g/mol. The predicted molar refractivity (Wildman–Crippen MR) is 104 cm³/mol. The second kappa shape index (κ2) is 7.83. The van der Waals surface area contributed by atoms with Crippen molar-refractivity contribution in [3.05, 3.63) is 89.2 Å². The van der Waals surface area contributed by atoms with Gasteiger partial charge in [0.15, 0.2) is 0 Å². The van der Waals surface area contributed by atoms with Crippen molar-refractivity contribution in [3.63, 3.8) is 0 Å². The number of anilines is 2. The Morgan fingerprint density at radius 2 is 1.65 bits per heavy atom. The Labute approximate surface area is 153 Å². The van der Waals surface area contributed by atoms with Gasteiger partial charge in [0, 0.05) is 24.6 Å². The van der Waals surface area contributed by atoms with Gasteiger partial charge in [0.25, 0.3) is 0 Å². The van der Waals surface area contributed by atoms with Gasteiger partial charge in [-0.25, -0.2) is 4.79 Å². The van der Waals surface area contributed by atoms with Crippen molar-refractivity contribution >= 4 is 17.3 Å². The number of aromatic nitrogens is 1. The summed E-state index contributed by atoms with van der Waals surface area (Å²) < 4.78 is 0. The predicted octanol–water partition coefficient (Wildman–Crippen LogP) is 4.78. The summed E-state index contributed by atoms with van der Waals surface area (Å²) in [5, 5.41) is 9.64. The molecule has 3 aromatic rings. The van der Waals surface area contributed by atoms with Crippen molar-refractivity contribution in [2.45, 2.75) is 20.3 Å². The molecule has 132 valence electrons. The maximum atomic E-state index is 11.7. The highest BCUT2D eigenvalue weighted by Gasteiger charge is 2.19. The van der Waals surface area contributed by atoms with Crippen molar-refractivity contribution in [3.8, 4) is 0 Å². The van der Waals surface area contributed by atoms with E-state index in [-0.39, 0.29) is 0 Å². The molecule has 4 nitrogen and oxygen atoms in total. The van der Waals surface area contributed by atoms with E-state index in [1.165, 1.54) is 11.1 Å². The van der Waals surface area contributed by atoms with Gasteiger partial charge in [-0.2, -0.15) is 0 Å². The van der Waals surface area contributed by atoms with Crippen LogP contribution in [-0.2, 0) is 6.42 Å². The molecule has 0 aliphatic heterocycles. The third-order valence-electron chi connectivity index (χ3n) is 4.67. The Bertz CT molecular complexity index is 907. The van der Waals surface area contributed by atoms with Gasteiger partial charge in [-0.05, 0) is 67.3 Å². The summed E-state index contributed by atoms with van der Waals surface area (Å²) in [6.45, 7) is 4.83. The van der Waals surface area contributed by atoms with E-state index in [9.17, 15) is 9.90 Å². The molecule has 2 aromatic carbocycles. The largest absolute Gasteiger partial charge is 0.478 e. The lowest BCUT2D eigenvalue weighted by Crippen LogP contribution is -2.23. The molecule has 0 fully saturated rings. The van der Waals surface area contributed by atoms with E-state index >= 15 is 0 Å². The van der Waals surface area contributed by atoms with Crippen molar-refractivity contribution in [1.29, 1.82) is 0 Å². The van der Waals surface area contributed by atoms with Gasteiger partial charge in [0.1, 0.15) is 0 Å². The van der Waals surface area contributed by atoms with Gasteiger partial charge in [-0.1, -0.05) is 24.3 Å². The number of carboxylic acids is 1. The second-order valence-corrected chi connectivity index (χ2v) is 6.30. The molecule has 0 bridgehead atoms. The molecule has 1 aromatic heterocycles. The maximum Gasteiger partial charge on any atom is 0.337 e. The van der Waals surface area contributed by atoms with E-state index in [0.717, 1.165) is 17.7 Å². The molecule has 4 heteroatoms. The van der Waals surface area contributed by atoms with Crippen LogP contribution in [0.25, 0.3) is 0 Å². The first-order valence-corrected chi connectivity index (χ1v) is 8.63. The fraction of sp³-hybridized carbons (Fsp3) is 0.182. The Morgan fingerprint density at radius 3 is 2.38 bits per heavy atom. The number of carboxylic acid groups (broad SMARTS) is 1. The number of carbonyl (C=O) groups is 1. The van der Waals surface area contributed by atoms with E-state index in [0.29, 0.717) is 17.8 Å². The van der Waals surface area contributed by atoms with E-state index in [4.69, 9.17) is 0 Å². The van der Waals surface area contributed by atoms with Crippen LogP contribution in [0.4, 0.5) is 11.4 Å². The zero-order valence-corrected chi connectivity index (χ0v) is 15.0. The second-order valence-electron chi connectivity index (χ2n) is 6.30. The summed E-state index contributed by atoms with van der Waals surface area (Å²) >= 11 is 0. The lowest BCUT2D eigenvalue weighted by molar-refractivity contribution is 0.0697. The van der Waals surface area contributed by atoms with Crippen molar-refractivity contribution < 1.29 is 9.90 Å². The molecule has 0 atom stereocenters. The fourth-order valence-electron chi connectivity index (χ4n) is 3.08. The minimum atomic E-state index is -0.917. The Kier molecular flexibility index (Phi) is 5.32. The van der Waals surface area contributed by atoms with Crippen molar-refractivity contribution in [1.82, 2.24) is 4.98 Å². The number of nitrogens with zero attached hydrogens (tertiary/aromatic N) is 2. The average Bonchev–Trinajstić information content (AvgIpc) is 2.66. The van der Waals surface area contributed by atoms with Gasteiger partial charge in [0.05, 0.1) is 11.3 Å². The van der Waals surface area contributed by atoms with E-state index in [1.54, 1.807) is 24.5 Å². The summed E-state index contributed by atoms with van der Waals surface area (Å²) in [5.41, 5.74) is 5.56. The molecule has 0 spiro atoms. The van der Waals surface area contributed by atoms with Crippen LogP contribution in [0.2, 0.25) is 0 Å². The normalized spacial score (nSPS) is 10.5. The number of hydrogen-bond donors (Lipinski definition) is 1. The van der Waals surface area contributed by atoms with Gasteiger partial charge < -0.3 is 10.0 Å². The van der Waals surface area contributed by atoms with E-state index in [1.807, 2.05) is 36.4 Å². The summed E-state index contributed by atoms with van der Waals surface area (Å²) in [7, 11) is 0. The van der Waals surface area contributed by atoms with Crippen LogP contribution < -0.4 is 4.90 Å². The lowest BCUT2D eigenvalue weighted by Gasteiger charge is -2.28. The van der Waals surface area contributed by atoms with E-state index < -0.39 is 5.97 Å². The Hall–Kier alpha value is -3.14. The van der Waals surface area contributed by atoms with Crippen LogP contribution in [0.15, 0.2) is 67.0 Å². The molecule has 0 amide bonds. The number of benzene rings is 2. The lowest BCUT2D eigenvalue weighted by atomic mass is 10.0. The molecular weight excluding hydrogens is 324 g/mol. The Balaban J connectivity index is 2.05. The summed E-state index contributed by atoms with van der Waals surface area (Å²) in [6.07, 6.45) is 4.36. The van der Waals surface area contributed by atoms with Crippen molar-refractivity contribution in [2.24, 2.45) is 0 Å². The van der Waals surface area contributed by atoms with Crippen LogP contribution in [0.5, 0.6) is 0 Å². The highest BCUT2D eigenvalue weighted by atomic mass is 16.4. The topological polar surface area (TPSA) is 53.4 Å². The number of rotatable bonds is 6.